The van der Waals surface area contributed by atoms with Gasteiger partial charge in [-0.15, -0.1) is 0 Å². The minimum atomic E-state index is 0.251. The largest absolute Gasteiger partial charge is 0.497 e. The second-order valence-electron chi connectivity index (χ2n) is 4.89. The van der Waals surface area contributed by atoms with Crippen LogP contribution in [0.1, 0.15) is 25.3 Å². The number of carbonyl (C=O) groups is 1. The number of nitrogens with zero attached hydrogens (tertiary/aromatic N) is 1. The van der Waals surface area contributed by atoms with Crippen molar-refractivity contribution < 1.29 is 9.53 Å². The van der Waals surface area contributed by atoms with Crippen LogP contribution in [-0.2, 0) is 11.3 Å². The molecular formula is C15H21NO2. The van der Waals surface area contributed by atoms with E-state index in [2.05, 4.69) is 17.0 Å². The Morgan fingerprint density at radius 2 is 2.33 bits per heavy atom. The van der Waals surface area contributed by atoms with Crippen LogP contribution in [0, 0.1) is 5.92 Å². The van der Waals surface area contributed by atoms with Crippen LogP contribution < -0.4 is 4.74 Å². The Morgan fingerprint density at radius 3 is 3.06 bits per heavy atom. The van der Waals surface area contributed by atoms with Crippen LogP contribution in [0.15, 0.2) is 24.3 Å². The maximum Gasteiger partial charge on any atom is 0.137 e. The predicted molar refractivity (Wildman–Crippen MR) is 71.7 cm³/mol. The lowest BCUT2D eigenvalue weighted by Gasteiger charge is -2.16. The summed E-state index contributed by atoms with van der Waals surface area (Å²) >= 11 is 0. The van der Waals surface area contributed by atoms with Crippen LogP contribution in [0.25, 0.3) is 0 Å². The highest BCUT2D eigenvalue weighted by atomic mass is 16.5. The van der Waals surface area contributed by atoms with E-state index in [4.69, 9.17) is 4.74 Å². The Kier molecular flexibility index (Phi) is 4.37. The van der Waals surface area contributed by atoms with Gasteiger partial charge in [-0.05, 0) is 30.7 Å². The summed E-state index contributed by atoms with van der Waals surface area (Å²) in [5.41, 5.74) is 1.25. The van der Waals surface area contributed by atoms with Gasteiger partial charge in [-0.1, -0.05) is 19.1 Å². The van der Waals surface area contributed by atoms with Crippen molar-refractivity contribution in [2.75, 3.05) is 20.2 Å². The quantitative estimate of drug-likeness (QED) is 0.800. The summed E-state index contributed by atoms with van der Waals surface area (Å²) in [7, 11) is 1.69. The molecule has 0 aliphatic carbocycles. The van der Waals surface area contributed by atoms with Gasteiger partial charge in [0.05, 0.1) is 7.11 Å². The van der Waals surface area contributed by atoms with Gasteiger partial charge in [0.15, 0.2) is 0 Å². The number of likely N-dealkylation sites (tertiary alicyclic amines) is 1. The zero-order valence-corrected chi connectivity index (χ0v) is 11.2. The van der Waals surface area contributed by atoms with E-state index in [1.165, 1.54) is 5.56 Å². The fourth-order valence-corrected chi connectivity index (χ4v) is 2.56. The highest BCUT2D eigenvalue weighted by Crippen LogP contribution is 2.21. The van der Waals surface area contributed by atoms with Gasteiger partial charge in [0, 0.05) is 25.4 Å². The van der Waals surface area contributed by atoms with E-state index in [-0.39, 0.29) is 5.92 Å². The van der Waals surface area contributed by atoms with E-state index in [0.29, 0.717) is 12.2 Å². The van der Waals surface area contributed by atoms with Crippen molar-refractivity contribution in [2.45, 2.75) is 26.3 Å². The summed E-state index contributed by atoms with van der Waals surface area (Å²) < 4.78 is 5.22. The zero-order chi connectivity index (χ0) is 13.0. The molecule has 98 valence electrons. The van der Waals surface area contributed by atoms with Crippen LogP contribution in [-0.4, -0.2) is 30.9 Å². The Labute approximate surface area is 109 Å². The van der Waals surface area contributed by atoms with Crippen LogP contribution in [0.3, 0.4) is 0 Å². The lowest BCUT2D eigenvalue weighted by Crippen LogP contribution is -2.22. The molecular weight excluding hydrogens is 226 g/mol. The highest BCUT2D eigenvalue weighted by Gasteiger charge is 2.26. The van der Waals surface area contributed by atoms with E-state index in [0.717, 1.165) is 31.8 Å². The Balaban J connectivity index is 1.92. The molecule has 0 aromatic heterocycles. The number of benzene rings is 1. The molecule has 1 heterocycles. The molecule has 1 saturated heterocycles. The second kappa shape index (κ2) is 6.01. The molecule has 1 unspecified atom stereocenters. The molecule has 1 aromatic rings. The number of carbonyl (C=O) groups excluding carboxylic acids is 1. The lowest BCUT2D eigenvalue weighted by molar-refractivity contribution is -0.122. The van der Waals surface area contributed by atoms with Crippen LogP contribution in [0.4, 0.5) is 0 Å². The third kappa shape index (κ3) is 3.10. The topological polar surface area (TPSA) is 29.5 Å². The second-order valence-corrected chi connectivity index (χ2v) is 4.89. The SMILES string of the molecule is CCC(=O)C1CCN(Cc2cccc(OC)c2)C1. The molecule has 1 atom stereocenters. The van der Waals surface area contributed by atoms with Gasteiger partial charge in [-0.2, -0.15) is 0 Å². The maximum absolute atomic E-state index is 11.7. The van der Waals surface area contributed by atoms with Gasteiger partial charge in [-0.3, -0.25) is 9.69 Å². The Morgan fingerprint density at radius 1 is 1.50 bits per heavy atom. The Hall–Kier alpha value is -1.35. The highest BCUT2D eigenvalue weighted by molar-refractivity contribution is 5.81. The molecule has 1 fully saturated rings. The number of hydrogen-bond acceptors (Lipinski definition) is 3. The number of methoxy groups -OCH3 is 1. The number of Topliss-reactive ketones (excluding diaryl/α,β-unsaturated/α-hetero) is 1. The van der Waals surface area contributed by atoms with Crippen molar-refractivity contribution in [2.24, 2.45) is 5.92 Å². The van der Waals surface area contributed by atoms with Gasteiger partial charge in [0.1, 0.15) is 11.5 Å². The van der Waals surface area contributed by atoms with Crippen molar-refractivity contribution in [3.63, 3.8) is 0 Å². The smallest absolute Gasteiger partial charge is 0.137 e. The maximum atomic E-state index is 11.7. The molecule has 1 aromatic carbocycles. The summed E-state index contributed by atoms with van der Waals surface area (Å²) in [6.07, 6.45) is 1.67. The summed E-state index contributed by atoms with van der Waals surface area (Å²) in [5, 5.41) is 0. The van der Waals surface area contributed by atoms with Crippen molar-refractivity contribution in [1.82, 2.24) is 4.90 Å². The number of ether oxygens (including phenoxy) is 1. The van der Waals surface area contributed by atoms with Crippen molar-refractivity contribution in [3.05, 3.63) is 29.8 Å². The molecule has 0 spiro atoms. The number of rotatable bonds is 5. The fraction of sp³-hybridized carbons (Fsp3) is 0.533. The van der Waals surface area contributed by atoms with E-state index in [1.54, 1.807) is 7.11 Å². The molecule has 0 saturated carbocycles. The molecule has 2 rings (SSSR count). The van der Waals surface area contributed by atoms with E-state index in [9.17, 15) is 4.79 Å². The first kappa shape index (κ1) is 13.1. The summed E-state index contributed by atoms with van der Waals surface area (Å²) in [4.78, 5) is 14.0. The van der Waals surface area contributed by atoms with E-state index >= 15 is 0 Å². The van der Waals surface area contributed by atoms with Crippen molar-refractivity contribution >= 4 is 5.78 Å². The van der Waals surface area contributed by atoms with Crippen LogP contribution >= 0.6 is 0 Å². The fourth-order valence-electron chi connectivity index (χ4n) is 2.56. The lowest BCUT2D eigenvalue weighted by atomic mass is 10.0. The van der Waals surface area contributed by atoms with Crippen LogP contribution in [0.2, 0.25) is 0 Å². The van der Waals surface area contributed by atoms with Crippen molar-refractivity contribution in [3.8, 4) is 5.75 Å². The van der Waals surface area contributed by atoms with Gasteiger partial charge >= 0.3 is 0 Å². The average molecular weight is 247 g/mol. The summed E-state index contributed by atoms with van der Waals surface area (Å²) in [5.74, 6) is 1.55. The minimum absolute atomic E-state index is 0.251. The first-order valence-corrected chi connectivity index (χ1v) is 6.61. The minimum Gasteiger partial charge on any atom is -0.497 e. The third-order valence-electron chi connectivity index (χ3n) is 3.62. The number of hydrogen-bond donors (Lipinski definition) is 0. The van der Waals surface area contributed by atoms with Crippen LogP contribution in [0.5, 0.6) is 5.75 Å². The standard InChI is InChI=1S/C15H21NO2/c1-3-15(17)13-7-8-16(11-13)10-12-5-4-6-14(9-12)18-2/h4-6,9,13H,3,7-8,10-11H2,1-2H3. The third-order valence-corrected chi connectivity index (χ3v) is 3.62. The van der Waals surface area contributed by atoms with E-state index in [1.807, 2.05) is 19.1 Å². The molecule has 1 aliphatic rings. The van der Waals surface area contributed by atoms with Crippen molar-refractivity contribution in [1.29, 1.82) is 0 Å². The first-order valence-electron chi connectivity index (χ1n) is 6.61. The van der Waals surface area contributed by atoms with Gasteiger partial charge in [-0.25, -0.2) is 0 Å². The molecule has 18 heavy (non-hydrogen) atoms. The Bertz CT molecular complexity index is 417. The first-order chi connectivity index (χ1) is 8.72. The molecule has 0 radical (unpaired) electrons. The molecule has 1 aliphatic heterocycles. The summed E-state index contributed by atoms with van der Waals surface area (Å²) in [6, 6.07) is 8.14. The molecule has 0 bridgehead atoms. The molecule has 0 amide bonds. The van der Waals surface area contributed by atoms with Gasteiger partial charge in [0.2, 0.25) is 0 Å². The molecule has 0 N–H and O–H groups in total. The molecule has 3 nitrogen and oxygen atoms in total. The summed E-state index contributed by atoms with van der Waals surface area (Å²) in [6.45, 7) is 4.79. The number of ketones is 1. The van der Waals surface area contributed by atoms with Gasteiger partial charge in [0.25, 0.3) is 0 Å². The molecule has 3 heteroatoms. The monoisotopic (exact) mass is 247 g/mol. The normalized spacial score (nSPS) is 20.0. The van der Waals surface area contributed by atoms with Gasteiger partial charge < -0.3 is 4.74 Å². The average Bonchev–Trinajstić information content (AvgIpc) is 2.86. The zero-order valence-electron chi connectivity index (χ0n) is 11.2. The van der Waals surface area contributed by atoms with E-state index < -0.39 is 0 Å². The predicted octanol–water partition coefficient (Wildman–Crippen LogP) is 2.50.